The number of hydrogen-bond donors (Lipinski definition) is 1. The highest BCUT2D eigenvalue weighted by Gasteiger charge is 2.30. The fraction of sp³-hybridized carbons (Fsp3) is 0. The first-order chi connectivity index (χ1) is 14.6. The molecule has 30 heavy (non-hydrogen) atoms. The minimum atomic E-state index is -3.96. The second-order valence-corrected chi connectivity index (χ2v) is 8.37. The third kappa shape index (κ3) is 2.83. The average Bonchev–Trinajstić information content (AvgIpc) is 3.37. The van der Waals surface area contributed by atoms with Crippen molar-refractivity contribution >= 4 is 44.1 Å². The number of anilines is 1. The first kappa shape index (κ1) is 18.1. The van der Waals surface area contributed by atoms with E-state index < -0.39 is 9.84 Å². The van der Waals surface area contributed by atoms with Crippen molar-refractivity contribution in [2.24, 2.45) is 5.10 Å². The summed E-state index contributed by atoms with van der Waals surface area (Å²) >= 11 is 0. The highest BCUT2D eigenvalue weighted by molar-refractivity contribution is 7.92. The lowest BCUT2D eigenvalue weighted by Gasteiger charge is -2.04. The second kappa shape index (κ2) is 6.82. The molecule has 0 amide bonds. The predicted octanol–water partition coefficient (Wildman–Crippen LogP) is 3.47. The van der Waals surface area contributed by atoms with E-state index in [0.717, 1.165) is 0 Å². The van der Waals surface area contributed by atoms with E-state index in [1.807, 2.05) is 12.1 Å². The SMILES string of the molecule is Nc1c(S(=O)(=O)c2ccccc2)c2nc3ccccc3nc2n1/N=C\c1ccco1. The number of hydrogen-bond acceptors (Lipinski definition) is 7. The van der Waals surface area contributed by atoms with Gasteiger partial charge in [0.05, 0.1) is 28.4 Å². The summed E-state index contributed by atoms with van der Waals surface area (Å²) in [6.07, 6.45) is 2.95. The van der Waals surface area contributed by atoms with Gasteiger partial charge in [-0.15, -0.1) is 0 Å². The number of nitrogen functional groups attached to an aromatic ring is 1. The lowest BCUT2D eigenvalue weighted by Crippen LogP contribution is -2.06. The molecule has 0 unspecified atom stereocenters. The zero-order valence-electron chi connectivity index (χ0n) is 15.5. The Morgan fingerprint density at radius 3 is 2.33 bits per heavy atom. The van der Waals surface area contributed by atoms with Gasteiger partial charge in [-0.2, -0.15) is 9.78 Å². The molecule has 148 valence electrons. The number of nitrogens with two attached hydrogens (primary N) is 1. The first-order valence-electron chi connectivity index (χ1n) is 9.00. The smallest absolute Gasteiger partial charge is 0.212 e. The van der Waals surface area contributed by atoms with Gasteiger partial charge in [0, 0.05) is 0 Å². The molecule has 0 radical (unpaired) electrons. The third-order valence-corrected chi connectivity index (χ3v) is 6.43. The zero-order chi connectivity index (χ0) is 20.7. The normalized spacial score (nSPS) is 12.3. The molecule has 0 aliphatic heterocycles. The summed E-state index contributed by atoms with van der Waals surface area (Å²) in [7, 11) is -3.96. The molecule has 0 saturated heterocycles. The highest BCUT2D eigenvalue weighted by Crippen LogP contribution is 2.35. The van der Waals surface area contributed by atoms with Crippen LogP contribution in [0.3, 0.4) is 0 Å². The third-order valence-electron chi connectivity index (χ3n) is 4.59. The van der Waals surface area contributed by atoms with Gasteiger partial charge in [0.2, 0.25) is 9.84 Å². The Kier molecular flexibility index (Phi) is 4.11. The second-order valence-electron chi connectivity index (χ2n) is 6.49. The van der Waals surface area contributed by atoms with E-state index in [0.29, 0.717) is 16.8 Å². The molecule has 8 nitrogen and oxygen atoms in total. The van der Waals surface area contributed by atoms with Crippen LogP contribution in [-0.2, 0) is 9.84 Å². The maximum Gasteiger partial charge on any atom is 0.212 e. The van der Waals surface area contributed by atoms with Crippen LogP contribution >= 0.6 is 0 Å². The molecular formula is C21H15N5O3S. The molecule has 3 aromatic heterocycles. The van der Waals surface area contributed by atoms with E-state index in [-0.39, 0.29) is 26.8 Å². The van der Waals surface area contributed by atoms with E-state index in [9.17, 15) is 8.42 Å². The van der Waals surface area contributed by atoms with Gasteiger partial charge in [-0.05, 0) is 36.4 Å². The van der Waals surface area contributed by atoms with Gasteiger partial charge in [0.15, 0.2) is 5.65 Å². The summed E-state index contributed by atoms with van der Waals surface area (Å²) in [5.41, 5.74) is 7.85. The van der Waals surface area contributed by atoms with E-state index in [2.05, 4.69) is 15.1 Å². The quantitative estimate of drug-likeness (QED) is 0.448. The lowest BCUT2D eigenvalue weighted by atomic mass is 10.3. The van der Waals surface area contributed by atoms with Crippen molar-refractivity contribution in [3.8, 4) is 0 Å². The maximum absolute atomic E-state index is 13.4. The molecule has 0 fully saturated rings. The van der Waals surface area contributed by atoms with Gasteiger partial charge in [-0.25, -0.2) is 18.4 Å². The minimum Gasteiger partial charge on any atom is -0.463 e. The number of furan rings is 1. The molecule has 9 heteroatoms. The van der Waals surface area contributed by atoms with Gasteiger partial charge in [0.1, 0.15) is 22.0 Å². The monoisotopic (exact) mass is 417 g/mol. The molecular weight excluding hydrogens is 402 g/mol. The number of rotatable bonds is 4. The number of aromatic nitrogens is 3. The zero-order valence-corrected chi connectivity index (χ0v) is 16.3. The summed E-state index contributed by atoms with van der Waals surface area (Å²) in [6.45, 7) is 0. The van der Waals surface area contributed by atoms with Gasteiger partial charge in [-0.3, -0.25) is 0 Å². The van der Waals surface area contributed by atoms with Gasteiger partial charge in [0.25, 0.3) is 0 Å². The molecule has 0 aliphatic carbocycles. The summed E-state index contributed by atoms with van der Waals surface area (Å²) in [4.78, 5) is 9.12. The summed E-state index contributed by atoms with van der Waals surface area (Å²) < 4.78 is 33.4. The van der Waals surface area contributed by atoms with E-state index in [4.69, 9.17) is 10.2 Å². The van der Waals surface area contributed by atoms with Crippen LogP contribution in [0, 0.1) is 0 Å². The maximum atomic E-state index is 13.4. The molecule has 0 aliphatic rings. The lowest BCUT2D eigenvalue weighted by molar-refractivity contribution is 0.559. The molecule has 5 aromatic rings. The van der Waals surface area contributed by atoms with Crippen molar-refractivity contribution < 1.29 is 12.8 Å². The summed E-state index contributed by atoms with van der Waals surface area (Å²) in [5, 5.41) is 4.32. The number of para-hydroxylation sites is 2. The molecule has 2 aromatic carbocycles. The van der Waals surface area contributed by atoms with Crippen molar-refractivity contribution in [1.29, 1.82) is 0 Å². The molecule has 0 bridgehead atoms. The molecule has 0 spiro atoms. The van der Waals surface area contributed by atoms with Crippen molar-refractivity contribution in [3.05, 3.63) is 78.8 Å². The molecule has 0 saturated carbocycles. The van der Waals surface area contributed by atoms with Crippen LogP contribution in [0.15, 0.2) is 92.3 Å². The van der Waals surface area contributed by atoms with Crippen LogP contribution < -0.4 is 5.73 Å². The largest absolute Gasteiger partial charge is 0.463 e. The van der Waals surface area contributed by atoms with Crippen LogP contribution in [0.25, 0.3) is 22.2 Å². The number of nitrogens with zero attached hydrogens (tertiary/aromatic N) is 4. The topological polar surface area (TPSA) is 116 Å². The number of sulfone groups is 1. The van der Waals surface area contributed by atoms with Crippen LogP contribution in [-0.4, -0.2) is 29.3 Å². The van der Waals surface area contributed by atoms with E-state index in [1.165, 1.54) is 29.3 Å². The number of fused-ring (bicyclic) bond motifs is 2. The predicted molar refractivity (Wildman–Crippen MR) is 113 cm³/mol. The van der Waals surface area contributed by atoms with Crippen molar-refractivity contribution in [2.75, 3.05) is 5.73 Å². The van der Waals surface area contributed by atoms with Crippen LogP contribution in [0.2, 0.25) is 0 Å². The van der Waals surface area contributed by atoms with Crippen LogP contribution in [0.1, 0.15) is 5.76 Å². The van der Waals surface area contributed by atoms with Crippen molar-refractivity contribution in [1.82, 2.24) is 14.6 Å². The fourth-order valence-electron chi connectivity index (χ4n) is 3.20. The van der Waals surface area contributed by atoms with E-state index in [1.54, 1.807) is 42.5 Å². The number of benzene rings is 2. The van der Waals surface area contributed by atoms with Crippen molar-refractivity contribution in [2.45, 2.75) is 9.79 Å². The first-order valence-corrected chi connectivity index (χ1v) is 10.5. The van der Waals surface area contributed by atoms with Crippen molar-refractivity contribution in [3.63, 3.8) is 0 Å². The average molecular weight is 417 g/mol. The summed E-state index contributed by atoms with van der Waals surface area (Å²) in [5.74, 6) is 0.407. The standard InChI is InChI=1S/C21H15N5O3S/c22-20-19(30(27,28)15-8-2-1-3-9-15)18-21(25-17-11-5-4-10-16(17)24-18)26(20)23-13-14-7-6-12-29-14/h1-13H,22H2/b23-13-. The minimum absolute atomic E-state index is 0.0769. The Morgan fingerprint density at radius 1 is 0.933 bits per heavy atom. The Hall–Kier alpha value is -3.98. The Bertz CT molecular complexity index is 1510. The Labute approximate surface area is 171 Å². The van der Waals surface area contributed by atoms with Crippen LogP contribution in [0.4, 0.5) is 5.82 Å². The Morgan fingerprint density at radius 2 is 1.63 bits per heavy atom. The molecule has 3 heterocycles. The molecule has 5 rings (SSSR count). The van der Waals surface area contributed by atoms with Gasteiger partial charge >= 0.3 is 0 Å². The fourth-order valence-corrected chi connectivity index (χ4v) is 4.71. The Balaban J connectivity index is 1.84. The molecule has 0 atom stereocenters. The highest BCUT2D eigenvalue weighted by atomic mass is 32.2. The van der Waals surface area contributed by atoms with E-state index >= 15 is 0 Å². The van der Waals surface area contributed by atoms with Gasteiger partial charge in [-0.1, -0.05) is 30.3 Å². The molecule has 2 N–H and O–H groups in total. The van der Waals surface area contributed by atoms with Crippen LogP contribution in [0.5, 0.6) is 0 Å². The van der Waals surface area contributed by atoms with Gasteiger partial charge < -0.3 is 10.2 Å². The summed E-state index contributed by atoms with van der Waals surface area (Å²) in [6, 6.07) is 18.7.